The fourth-order valence-corrected chi connectivity index (χ4v) is 1.22. The van der Waals surface area contributed by atoms with Gasteiger partial charge in [0.25, 0.3) is 0 Å². The third-order valence-electron chi connectivity index (χ3n) is 1.96. The molecule has 0 aromatic rings. The molecule has 0 aliphatic carbocycles. The Morgan fingerprint density at radius 1 is 1.40 bits per heavy atom. The van der Waals surface area contributed by atoms with Crippen molar-refractivity contribution in [1.29, 1.82) is 0 Å². The van der Waals surface area contributed by atoms with Gasteiger partial charge in [0, 0.05) is 17.8 Å². The number of rotatable bonds is 1. The Labute approximate surface area is 90.2 Å². The van der Waals surface area contributed by atoms with Gasteiger partial charge in [-0.2, -0.15) is 0 Å². The van der Waals surface area contributed by atoms with Crippen LogP contribution in [0.25, 0.3) is 0 Å². The molecular formula is C11H17N3O. The van der Waals surface area contributed by atoms with Gasteiger partial charge < -0.3 is 10.6 Å². The van der Waals surface area contributed by atoms with Gasteiger partial charge in [-0.25, -0.2) is 4.99 Å². The van der Waals surface area contributed by atoms with Crippen LogP contribution >= 0.6 is 0 Å². The normalized spacial score (nSPS) is 22.5. The van der Waals surface area contributed by atoms with E-state index >= 15 is 0 Å². The van der Waals surface area contributed by atoms with Gasteiger partial charge in [-0.05, 0) is 13.0 Å². The molecule has 0 fully saturated rings. The smallest absolute Gasteiger partial charge is 0.181 e. The largest absolute Gasteiger partial charge is 0.403 e. The monoisotopic (exact) mass is 207 g/mol. The van der Waals surface area contributed by atoms with Gasteiger partial charge in [0.2, 0.25) is 0 Å². The summed E-state index contributed by atoms with van der Waals surface area (Å²) in [6.07, 6.45) is 4.76. The van der Waals surface area contributed by atoms with Crippen LogP contribution in [0.1, 0.15) is 27.7 Å². The predicted molar refractivity (Wildman–Crippen MR) is 62.5 cm³/mol. The molecule has 0 aromatic heterocycles. The molecular weight excluding hydrogens is 190 g/mol. The third kappa shape index (κ3) is 2.46. The van der Waals surface area contributed by atoms with Crippen LogP contribution < -0.4 is 5.73 Å². The van der Waals surface area contributed by atoms with Gasteiger partial charge in [-0.1, -0.05) is 25.9 Å². The maximum atomic E-state index is 5.26. The summed E-state index contributed by atoms with van der Waals surface area (Å²) in [4.78, 5) is 9.42. The quantitative estimate of drug-likeness (QED) is 0.716. The average Bonchev–Trinajstić information content (AvgIpc) is 2.56. The van der Waals surface area contributed by atoms with Crippen molar-refractivity contribution in [3.63, 3.8) is 0 Å². The van der Waals surface area contributed by atoms with E-state index in [2.05, 4.69) is 30.9 Å². The lowest BCUT2D eigenvalue weighted by Crippen LogP contribution is -2.26. The molecule has 1 aliphatic rings. The van der Waals surface area contributed by atoms with Gasteiger partial charge in [0.05, 0.1) is 0 Å². The third-order valence-corrected chi connectivity index (χ3v) is 1.96. The summed E-state index contributed by atoms with van der Waals surface area (Å²) >= 11 is 0. The second-order valence-electron chi connectivity index (χ2n) is 4.25. The number of nitrogens with zero attached hydrogens (tertiary/aromatic N) is 2. The van der Waals surface area contributed by atoms with Crippen molar-refractivity contribution in [3.8, 4) is 0 Å². The Morgan fingerprint density at radius 2 is 2.07 bits per heavy atom. The summed E-state index contributed by atoms with van der Waals surface area (Å²) in [6.45, 7) is 8.08. The summed E-state index contributed by atoms with van der Waals surface area (Å²) in [6, 6.07) is 0. The standard InChI is InChI=1S/C11H17N3O/c1-5-8-9(13-7-6-12)10(14-15-8)11(2,3)4/h5-7H,12H2,1-4H3/b7-6-,8-5+,13-9+. The van der Waals surface area contributed by atoms with Gasteiger partial charge in [0.15, 0.2) is 5.76 Å². The maximum Gasteiger partial charge on any atom is 0.181 e. The molecule has 1 aliphatic heterocycles. The highest BCUT2D eigenvalue weighted by molar-refractivity contribution is 6.50. The highest BCUT2D eigenvalue weighted by atomic mass is 16.6. The zero-order chi connectivity index (χ0) is 11.5. The van der Waals surface area contributed by atoms with Gasteiger partial charge in [0.1, 0.15) is 11.4 Å². The van der Waals surface area contributed by atoms with E-state index in [1.807, 2.05) is 13.0 Å². The highest BCUT2D eigenvalue weighted by Gasteiger charge is 2.32. The number of aliphatic imine (C=N–C) groups is 1. The van der Waals surface area contributed by atoms with Crippen LogP contribution in [-0.4, -0.2) is 11.4 Å². The van der Waals surface area contributed by atoms with E-state index in [0.29, 0.717) is 5.76 Å². The Balaban J connectivity index is 3.10. The molecule has 1 heterocycles. The minimum Gasteiger partial charge on any atom is -0.403 e. The summed E-state index contributed by atoms with van der Waals surface area (Å²) < 4.78 is 0. The van der Waals surface area contributed by atoms with E-state index in [9.17, 15) is 0 Å². The van der Waals surface area contributed by atoms with Crippen LogP contribution in [0.15, 0.2) is 34.4 Å². The molecule has 15 heavy (non-hydrogen) atoms. The van der Waals surface area contributed by atoms with Crippen molar-refractivity contribution < 1.29 is 4.84 Å². The zero-order valence-electron chi connectivity index (χ0n) is 9.61. The van der Waals surface area contributed by atoms with E-state index in [-0.39, 0.29) is 5.41 Å². The molecule has 4 heteroatoms. The summed E-state index contributed by atoms with van der Waals surface area (Å²) in [5, 5.41) is 4.04. The molecule has 0 saturated heterocycles. The molecule has 0 atom stereocenters. The number of nitrogens with two attached hydrogens (primary N) is 1. The second-order valence-corrected chi connectivity index (χ2v) is 4.25. The molecule has 82 valence electrons. The first-order chi connectivity index (χ1) is 7.00. The van der Waals surface area contributed by atoms with Gasteiger partial charge >= 0.3 is 0 Å². The van der Waals surface area contributed by atoms with Crippen molar-refractivity contribution in [2.75, 3.05) is 0 Å². The molecule has 1 rings (SSSR count). The predicted octanol–water partition coefficient (Wildman–Crippen LogP) is 2.19. The van der Waals surface area contributed by atoms with Gasteiger partial charge in [-0.3, -0.25) is 0 Å². The maximum absolute atomic E-state index is 5.26. The lowest BCUT2D eigenvalue weighted by atomic mass is 9.87. The minimum atomic E-state index is -0.0912. The van der Waals surface area contributed by atoms with Crippen LogP contribution in [0.2, 0.25) is 0 Å². The van der Waals surface area contributed by atoms with Crippen molar-refractivity contribution in [2.45, 2.75) is 27.7 Å². The van der Waals surface area contributed by atoms with Gasteiger partial charge in [-0.15, -0.1) is 0 Å². The van der Waals surface area contributed by atoms with Crippen LogP contribution in [0, 0.1) is 5.41 Å². The average molecular weight is 207 g/mol. The molecule has 0 saturated carbocycles. The van der Waals surface area contributed by atoms with Crippen LogP contribution in [0.5, 0.6) is 0 Å². The van der Waals surface area contributed by atoms with E-state index in [4.69, 9.17) is 10.6 Å². The van der Waals surface area contributed by atoms with Crippen LogP contribution in [0.3, 0.4) is 0 Å². The fraction of sp³-hybridized carbons (Fsp3) is 0.455. The Kier molecular flexibility index (Phi) is 3.29. The Hall–Kier alpha value is -1.58. The zero-order valence-corrected chi connectivity index (χ0v) is 9.61. The molecule has 4 nitrogen and oxygen atoms in total. The lowest BCUT2D eigenvalue weighted by Gasteiger charge is -2.16. The van der Waals surface area contributed by atoms with Crippen molar-refractivity contribution in [2.24, 2.45) is 21.3 Å². The van der Waals surface area contributed by atoms with E-state index in [0.717, 1.165) is 11.4 Å². The molecule has 2 N–H and O–H groups in total. The Bertz CT molecular complexity index is 357. The number of hydrogen-bond donors (Lipinski definition) is 1. The first-order valence-electron chi connectivity index (χ1n) is 4.87. The van der Waals surface area contributed by atoms with E-state index in [1.54, 1.807) is 0 Å². The number of hydrogen-bond acceptors (Lipinski definition) is 4. The van der Waals surface area contributed by atoms with E-state index < -0.39 is 0 Å². The topological polar surface area (TPSA) is 60.0 Å². The number of oxime groups is 1. The highest BCUT2D eigenvalue weighted by Crippen LogP contribution is 2.25. The lowest BCUT2D eigenvalue weighted by molar-refractivity contribution is 0.255. The minimum absolute atomic E-state index is 0.0912. The first kappa shape index (κ1) is 11.5. The molecule has 0 radical (unpaired) electrons. The SMILES string of the molecule is C/C=C1/ON=C(C(C)(C)C)/C1=N/C=C\N. The summed E-state index contributed by atoms with van der Waals surface area (Å²) in [5.41, 5.74) is 6.77. The molecule has 0 aromatic carbocycles. The first-order valence-corrected chi connectivity index (χ1v) is 4.87. The second kappa shape index (κ2) is 4.29. The van der Waals surface area contributed by atoms with E-state index in [1.165, 1.54) is 12.4 Å². The molecule has 0 bridgehead atoms. The number of allylic oxidation sites excluding steroid dienone is 2. The summed E-state index contributed by atoms with van der Waals surface area (Å²) in [7, 11) is 0. The van der Waals surface area contributed by atoms with Crippen LogP contribution in [0.4, 0.5) is 0 Å². The Morgan fingerprint density at radius 3 is 2.53 bits per heavy atom. The molecule has 0 unspecified atom stereocenters. The van der Waals surface area contributed by atoms with Crippen molar-refractivity contribution >= 4 is 11.4 Å². The fourth-order valence-electron chi connectivity index (χ4n) is 1.22. The van der Waals surface area contributed by atoms with Crippen molar-refractivity contribution in [1.82, 2.24) is 0 Å². The van der Waals surface area contributed by atoms with Crippen LogP contribution in [-0.2, 0) is 4.84 Å². The molecule has 0 spiro atoms. The van der Waals surface area contributed by atoms with Crippen molar-refractivity contribution in [3.05, 3.63) is 24.2 Å². The summed E-state index contributed by atoms with van der Waals surface area (Å²) in [5.74, 6) is 0.679. The molecule has 0 amide bonds.